The number of morpholine rings is 1. The lowest BCUT2D eigenvalue weighted by molar-refractivity contribution is -0.0747. The second-order valence-electron chi connectivity index (χ2n) is 10.2. The first-order valence-electron chi connectivity index (χ1n) is 12.8. The van der Waals surface area contributed by atoms with Crippen LogP contribution < -0.4 is 9.47 Å². The van der Waals surface area contributed by atoms with E-state index in [1.54, 1.807) is 18.2 Å². The van der Waals surface area contributed by atoms with Crippen LogP contribution in [-0.4, -0.2) is 55.5 Å². The maximum Gasteiger partial charge on any atom is 0.410 e. The molecule has 0 aromatic heterocycles. The van der Waals surface area contributed by atoms with Crippen molar-refractivity contribution in [3.63, 3.8) is 0 Å². The number of hydrogen-bond acceptors (Lipinski definition) is 6. The Balaban J connectivity index is 1.06. The van der Waals surface area contributed by atoms with Gasteiger partial charge in [-0.25, -0.2) is 4.79 Å². The van der Waals surface area contributed by atoms with E-state index in [1.807, 2.05) is 29.2 Å². The van der Waals surface area contributed by atoms with Gasteiger partial charge in [0, 0.05) is 17.4 Å². The number of rotatable bonds is 4. The number of ketones is 1. The van der Waals surface area contributed by atoms with Crippen LogP contribution in [0, 0.1) is 5.92 Å². The van der Waals surface area contributed by atoms with Gasteiger partial charge in [-0.3, -0.25) is 9.69 Å². The van der Waals surface area contributed by atoms with E-state index in [-0.39, 0.29) is 49.2 Å². The van der Waals surface area contributed by atoms with Gasteiger partial charge in [0.2, 0.25) is 6.79 Å². The summed E-state index contributed by atoms with van der Waals surface area (Å²) in [7, 11) is 0. The van der Waals surface area contributed by atoms with Crippen molar-refractivity contribution >= 4 is 11.9 Å². The fourth-order valence-electron chi connectivity index (χ4n) is 6.38. The zero-order valence-corrected chi connectivity index (χ0v) is 20.3. The van der Waals surface area contributed by atoms with E-state index in [0.29, 0.717) is 43.1 Å². The molecular formula is C30H27NO6. The number of carbonyl (C=O) groups excluding carboxylic acids is 2. The summed E-state index contributed by atoms with van der Waals surface area (Å²) in [6.45, 7) is 1.27. The molecule has 2 fully saturated rings. The molecule has 2 saturated heterocycles. The minimum Gasteiger partial charge on any atom is -0.454 e. The van der Waals surface area contributed by atoms with Crippen LogP contribution >= 0.6 is 0 Å². The smallest absolute Gasteiger partial charge is 0.410 e. The molecule has 1 amide bonds. The van der Waals surface area contributed by atoms with Crippen molar-refractivity contribution in [3.05, 3.63) is 83.4 Å². The highest BCUT2D eigenvalue weighted by molar-refractivity contribution is 5.98. The Labute approximate surface area is 214 Å². The summed E-state index contributed by atoms with van der Waals surface area (Å²) >= 11 is 0. The SMILES string of the molecule is O=C(c1ccc2c(c1)OCO2)C1CC2COCC(C1)N2C(=O)OCC1c2ccccc2-c2ccccc21. The Kier molecular flexibility index (Phi) is 5.39. The molecule has 3 aromatic rings. The van der Waals surface area contributed by atoms with Gasteiger partial charge >= 0.3 is 6.09 Å². The Morgan fingerprint density at radius 1 is 0.838 bits per heavy atom. The monoisotopic (exact) mass is 497 g/mol. The summed E-state index contributed by atoms with van der Waals surface area (Å²) in [5.41, 5.74) is 5.39. The average molecular weight is 498 g/mol. The number of amides is 1. The zero-order valence-electron chi connectivity index (χ0n) is 20.3. The quantitative estimate of drug-likeness (QED) is 0.471. The molecule has 37 heavy (non-hydrogen) atoms. The topological polar surface area (TPSA) is 74.3 Å². The number of piperidine rings is 1. The summed E-state index contributed by atoms with van der Waals surface area (Å²) in [6.07, 6.45) is 0.774. The number of Topliss-reactive ketones (excluding diaryl/α,β-unsaturated/α-hetero) is 1. The number of hydrogen-bond donors (Lipinski definition) is 0. The Morgan fingerprint density at radius 3 is 2.19 bits per heavy atom. The average Bonchev–Trinajstić information content (AvgIpc) is 3.53. The molecule has 7 heteroatoms. The zero-order chi connectivity index (χ0) is 24.9. The molecular weight excluding hydrogens is 470 g/mol. The third-order valence-electron chi connectivity index (χ3n) is 8.10. The van der Waals surface area contributed by atoms with Gasteiger partial charge in [0.15, 0.2) is 17.3 Å². The summed E-state index contributed by atoms with van der Waals surface area (Å²) in [4.78, 5) is 28.6. The molecule has 3 aliphatic heterocycles. The van der Waals surface area contributed by atoms with Crippen LogP contribution in [0.1, 0.15) is 40.2 Å². The van der Waals surface area contributed by atoms with Crippen LogP contribution in [0.2, 0.25) is 0 Å². The van der Waals surface area contributed by atoms with E-state index in [2.05, 4.69) is 24.3 Å². The van der Waals surface area contributed by atoms with Gasteiger partial charge in [-0.05, 0) is 53.3 Å². The van der Waals surface area contributed by atoms with E-state index in [4.69, 9.17) is 18.9 Å². The van der Waals surface area contributed by atoms with Gasteiger partial charge in [-0.1, -0.05) is 48.5 Å². The normalized spacial score (nSPS) is 23.4. The van der Waals surface area contributed by atoms with E-state index < -0.39 is 0 Å². The number of benzene rings is 3. The highest BCUT2D eigenvalue weighted by Gasteiger charge is 2.45. The van der Waals surface area contributed by atoms with Crippen LogP contribution in [0.3, 0.4) is 0 Å². The molecule has 7 rings (SSSR count). The van der Waals surface area contributed by atoms with Crippen molar-refractivity contribution in [1.29, 1.82) is 0 Å². The molecule has 7 nitrogen and oxygen atoms in total. The number of ether oxygens (including phenoxy) is 4. The van der Waals surface area contributed by atoms with Crippen molar-refractivity contribution in [3.8, 4) is 22.6 Å². The molecule has 0 radical (unpaired) electrons. The summed E-state index contributed by atoms with van der Waals surface area (Å²) in [5.74, 6) is 1.16. The molecule has 2 unspecified atom stereocenters. The number of nitrogens with zero attached hydrogens (tertiary/aromatic N) is 1. The van der Waals surface area contributed by atoms with E-state index in [1.165, 1.54) is 22.3 Å². The second kappa shape index (κ2) is 8.92. The van der Waals surface area contributed by atoms with Crippen molar-refractivity contribution < 1.29 is 28.5 Å². The molecule has 2 atom stereocenters. The standard InChI is InChI=1S/C30H27NO6/c32-29(18-9-10-27-28(13-18)37-17-36-27)19-11-20-14-34-15-21(12-19)31(20)30(33)35-16-26-24-7-3-1-5-22(24)23-6-2-4-8-25(23)26/h1-10,13,19-21,26H,11-12,14-17H2. The maximum atomic E-state index is 13.4. The third kappa shape index (κ3) is 3.76. The lowest BCUT2D eigenvalue weighted by atomic mass is 9.81. The van der Waals surface area contributed by atoms with E-state index >= 15 is 0 Å². The summed E-state index contributed by atoms with van der Waals surface area (Å²) in [5, 5.41) is 0. The first kappa shape index (κ1) is 22.4. The van der Waals surface area contributed by atoms with Crippen molar-refractivity contribution in [2.24, 2.45) is 5.92 Å². The Hall–Kier alpha value is -3.84. The maximum absolute atomic E-state index is 13.4. The molecule has 4 aliphatic rings. The Morgan fingerprint density at radius 2 is 1.49 bits per heavy atom. The molecule has 2 bridgehead atoms. The largest absolute Gasteiger partial charge is 0.454 e. The van der Waals surface area contributed by atoms with Gasteiger partial charge in [-0.2, -0.15) is 0 Å². The first-order valence-corrected chi connectivity index (χ1v) is 12.8. The number of fused-ring (bicyclic) bond motifs is 6. The highest BCUT2D eigenvalue weighted by atomic mass is 16.7. The minimum atomic E-state index is -0.325. The van der Waals surface area contributed by atoms with Gasteiger partial charge in [0.25, 0.3) is 0 Å². The van der Waals surface area contributed by atoms with Crippen molar-refractivity contribution in [2.75, 3.05) is 26.6 Å². The molecule has 0 saturated carbocycles. The second-order valence-corrected chi connectivity index (χ2v) is 10.2. The fraction of sp³-hybridized carbons (Fsp3) is 0.333. The van der Waals surface area contributed by atoms with Crippen LogP contribution in [0.5, 0.6) is 11.5 Å². The van der Waals surface area contributed by atoms with Crippen LogP contribution in [0.15, 0.2) is 66.7 Å². The predicted octanol–water partition coefficient (Wildman–Crippen LogP) is 5.03. The minimum absolute atomic E-state index is 0.0116. The lowest BCUT2D eigenvalue weighted by Crippen LogP contribution is -2.60. The molecule has 0 N–H and O–H groups in total. The number of carbonyl (C=O) groups is 2. The van der Waals surface area contributed by atoms with E-state index in [9.17, 15) is 9.59 Å². The molecule has 1 aliphatic carbocycles. The molecule has 0 spiro atoms. The predicted molar refractivity (Wildman–Crippen MR) is 135 cm³/mol. The van der Waals surface area contributed by atoms with Crippen molar-refractivity contribution in [2.45, 2.75) is 30.8 Å². The van der Waals surface area contributed by atoms with Gasteiger partial charge in [0.1, 0.15) is 6.61 Å². The van der Waals surface area contributed by atoms with Crippen LogP contribution in [0.25, 0.3) is 11.1 Å². The van der Waals surface area contributed by atoms with Gasteiger partial charge in [-0.15, -0.1) is 0 Å². The summed E-state index contributed by atoms with van der Waals surface area (Å²) in [6, 6.07) is 21.6. The third-order valence-corrected chi connectivity index (χ3v) is 8.10. The van der Waals surface area contributed by atoms with Crippen LogP contribution in [0.4, 0.5) is 4.79 Å². The molecule has 3 aromatic carbocycles. The fourth-order valence-corrected chi connectivity index (χ4v) is 6.38. The van der Waals surface area contributed by atoms with Gasteiger partial charge in [0.05, 0.1) is 25.3 Å². The summed E-state index contributed by atoms with van der Waals surface area (Å²) < 4.78 is 22.6. The molecule has 188 valence electrons. The lowest BCUT2D eigenvalue weighted by Gasteiger charge is -2.47. The van der Waals surface area contributed by atoms with E-state index in [0.717, 1.165) is 0 Å². The van der Waals surface area contributed by atoms with Gasteiger partial charge < -0.3 is 18.9 Å². The van der Waals surface area contributed by atoms with Crippen molar-refractivity contribution in [1.82, 2.24) is 4.90 Å². The van der Waals surface area contributed by atoms with Crippen LogP contribution in [-0.2, 0) is 9.47 Å². The highest BCUT2D eigenvalue weighted by Crippen LogP contribution is 2.45. The Bertz CT molecular complexity index is 1330. The first-order chi connectivity index (χ1) is 18.2. The molecule has 3 heterocycles.